The molecule has 0 bridgehead atoms. The quantitative estimate of drug-likeness (QED) is 0.237. The Morgan fingerprint density at radius 2 is 1.52 bits per heavy atom. The third-order valence-electron chi connectivity index (χ3n) is 8.88. The van der Waals surface area contributed by atoms with Gasteiger partial charge in [0.25, 0.3) is 11.8 Å². The molecule has 1 aliphatic heterocycles. The van der Waals surface area contributed by atoms with E-state index in [4.69, 9.17) is 4.98 Å². The van der Waals surface area contributed by atoms with E-state index >= 15 is 0 Å². The third-order valence-corrected chi connectivity index (χ3v) is 9.88. The van der Waals surface area contributed by atoms with Crippen molar-refractivity contribution in [1.29, 1.82) is 0 Å². The van der Waals surface area contributed by atoms with E-state index < -0.39 is 11.7 Å². The first-order valence-electron chi connectivity index (χ1n) is 15.1. The predicted molar refractivity (Wildman–Crippen MR) is 166 cm³/mol. The molecule has 3 aromatic carbocycles. The minimum absolute atomic E-state index is 0.0866. The summed E-state index contributed by atoms with van der Waals surface area (Å²) in [6.45, 7) is 1.07. The highest BCUT2D eigenvalue weighted by Gasteiger charge is 2.32. The fourth-order valence-electron chi connectivity index (χ4n) is 6.48. The van der Waals surface area contributed by atoms with Crippen molar-refractivity contribution in [2.75, 3.05) is 13.1 Å². The molecule has 2 heterocycles. The van der Waals surface area contributed by atoms with Crippen molar-refractivity contribution in [3.8, 4) is 11.1 Å². The van der Waals surface area contributed by atoms with Gasteiger partial charge in [-0.2, -0.15) is 13.2 Å². The van der Waals surface area contributed by atoms with Gasteiger partial charge < -0.3 is 10.2 Å². The van der Waals surface area contributed by atoms with Crippen LogP contribution in [0.2, 0.25) is 0 Å². The number of alkyl halides is 3. The van der Waals surface area contributed by atoms with E-state index in [1.807, 2.05) is 23.6 Å². The van der Waals surface area contributed by atoms with E-state index in [1.54, 1.807) is 29.2 Å². The number of benzene rings is 3. The number of thiazole rings is 1. The Morgan fingerprint density at radius 1 is 0.841 bits per heavy atom. The summed E-state index contributed by atoms with van der Waals surface area (Å²) in [5.41, 5.74) is 2.63. The second-order valence-corrected chi connectivity index (χ2v) is 12.5. The first-order valence-corrected chi connectivity index (χ1v) is 16.0. The van der Waals surface area contributed by atoms with E-state index in [0.29, 0.717) is 41.4 Å². The van der Waals surface area contributed by atoms with Gasteiger partial charge in [0, 0.05) is 41.9 Å². The zero-order chi connectivity index (χ0) is 30.7. The number of carbonyl (C=O) groups is 2. The number of aromatic nitrogens is 1. The third kappa shape index (κ3) is 6.58. The molecule has 1 aliphatic carbocycles. The van der Waals surface area contributed by atoms with Crippen molar-refractivity contribution in [2.24, 2.45) is 0 Å². The Hall–Kier alpha value is -3.98. The summed E-state index contributed by atoms with van der Waals surface area (Å²) >= 11 is 1.50. The molecule has 2 fully saturated rings. The highest BCUT2D eigenvalue weighted by Crippen LogP contribution is 2.36. The Labute approximate surface area is 259 Å². The van der Waals surface area contributed by atoms with Crippen LogP contribution < -0.4 is 5.32 Å². The maximum Gasteiger partial charge on any atom is 0.416 e. The molecule has 6 rings (SSSR count). The molecule has 5 nitrogen and oxygen atoms in total. The van der Waals surface area contributed by atoms with Gasteiger partial charge in [-0.15, -0.1) is 11.3 Å². The summed E-state index contributed by atoms with van der Waals surface area (Å²) in [7, 11) is 0. The molecule has 1 saturated carbocycles. The van der Waals surface area contributed by atoms with Crippen LogP contribution in [0.4, 0.5) is 13.2 Å². The summed E-state index contributed by atoms with van der Waals surface area (Å²) < 4.78 is 39.2. The highest BCUT2D eigenvalue weighted by atomic mass is 32.1. The second-order valence-electron chi connectivity index (χ2n) is 11.6. The molecule has 9 heteroatoms. The van der Waals surface area contributed by atoms with Gasteiger partial charge in [-0.1, -0.05) is 73.5 Å². The molecular weight excluding hydrogens is 583 g/mol. The largest absolute Gasteiger partial charge is 0.416 e. The summed E-state index contributed by atoms with van der Waals surface area (Å²) in [5, 5.41) is 6.01. The molecule has 2 unspecified atom stereocenters. The number of piperidine rings is 1. The lowest BCUT2D eigenvalue weighted by Gasteiger charge is -2.32. The first-order chi connectivity index (χ1) is 21.3. The van der Waals surface area contributed by atoms with Crippen LogP contribution in [0.3, 0.4) is 0 Å². The normalized spacial score (nSPS) is 19.5. The van der Waals surface area contributed by atoms with Crippen LogP contribution in [0.25, 0.3) is 11.1 Å². The van der Waals surface area contributed by atoms with Crippen LogP contribution in [0.5, 0.6) is 0 Å². The maximum absolute atomic E-state index is 13.6. The number of nitrogens with one attached hydrogen (secondary N) is 1. The van der Waals surface area contributed by atoms with Gasteiger partial charge in [-0.3, -0.25) is 9.59 Å². The lowest BCUT2D eigenvalue weighted by Crippen LogP contribution is -2.41. The zero-order valence-corrected chi connectivity index (χ0v) is 25.0. The standard InChI is InChI=1S/C35H34F3N3O2S/c36-35(37,38)26-16-14-24(15-17-26)27-10-4-5-12-29(27)34(43)41-20-18-25(19-21-41)33-40-31(22-44-33)32(42)39-30-13-7-6-11-28(30)23-8-2-1-3-9-23/h1-5,8-10,12,14-17,22,25,28,30H,6-7,11,13,18-21H2,(H,39,42). The monoisotopic (exact) mass is 617 g/mol. The summed E-state index contributed by atoms with van der Waals surface area (Å²) in [4.78, 5) is 33.3. The molecule has 2 amide bonds. The summed E-state index contributed by atoms with van der Waals surface area (Å²) in [6, 6.07) is 22.4. The van der Waals surface area contributed by atoms with Crippen LogP contribution in [0.15, 0.2) is 84.2 Å². The van der Waals surface area contributed by atoms with Gasteiger partial charge in [0.2, 0.25) is 0 Å². The minimum Gasteiger partial charge on any atom is -0.347 e. The van der Waals surface area contributed by atoms with Gasteiger partial charge >= 0.3 is 6.18 Å². The average Bonchev–Trinajstić information content (AvgIpc) is 3.56. The number of halogens is 3. The molecule has 0 spiro atoms. The molecule has 1 saturated heterocycles. The van der Waals surface area contributed by atoms with Crippen molar-refractivity contribution in [1.82, 2.24) is 15.2 Å². The molecular formula is C35H34F3N3O2S. The summed E-state index contributed by atoms with van der Waals surface area (Å²) in [6.07, 6.45) is 1.31. The maximum atomic E-state index is 13.6. The Balaban J connectivity index is 1.08. The van der Waals surface area contributed by atoms with Gasteiger partial charge in [0.15, 0.2) is 0 Å². The number of rotatable bonds is 6. The minimum atomic E-state index is -4.42. The topological polar surface area (TPSA) is 62.3 Å². The lowest BCUT2D eigenvalue weighted by atomic mass is 9.80. The van der Waals surface area contributed by atoms with Crippen molar-refractivity contribution < 1.29 is 22.8 Å². The van der Waals surface area contributed by atoms with E-state index in [-0.39, 0.29) is 23.8 Å². The van der Waals surface area contributed by atoms with E-state index in [0.717, 1.165) is 55.7 Å². The number of hydrogen-bond donors (Lipinski definition) is 1. The summed E-state index contributed by atoms with van der Waals surface area (Å²) in [5.74, 6) is 0.187. The van der Waals surface area contributed by atoms with Crippen LogP contribution in [0, 0.1) is 0 Å². The Morgan fingerprint density at radius 3 is 2.25 bits per heavy atom. The van der Waals surface area contributed by atoms with Crippen molar-refractivity contribution in [3.63, 3.8) is 0 Å². The van der Waals surface area contributed by atoms with Crippen LogP contribution in [-0.2, 0) is 6.18 Å². The Bertz CT molecular complexity index is 1600. The number of nitrogens with zero attached hydrogens (tertiary/aromatic N) is 2. The van der Waals surface area contributed by atoms with Gasteiger partial charge in [-0.25, -0.2) is 4.98 Å². The van der Waals surface area contributed by atoms with Crippen LogP contribution >= 0.6 is 11.3 Å². The Kier molecular flexibility index (Phi) is 8.84. The van der Waals surface area contributed by atoms with Crippen molar-refractivity contribution in [2.45, 2.75) is 62.6 Å². The highest BCUT2D eigenvalue weighted by molar-refractivity contribution is 7.09. The number of hydrogen-bond acceptors (Lipinski definition) is 4. The number of amides is 2. The zero-order valence-electron chi connectivity index (χ0n) is 24.2. The smallest absolute Gasteiger partial charge is 0.347 e. The molecule has 1 N–H and O–H groups in total. The first kappa shape index (κ1) is 30.1. The molecule has 0 radical (unpaired) electrons. The van der Waals surface area contributed by atoms with Gasteiger partial charge in [0.1, 0.15) is 5.69 Å². The molecule has 44 heavy (non-hydrogen) atoms. The predicted octanol–water partition coefficient (Wildman–Crippen LogP) is 8.30. The van der Waals surface area contributed by atoms with Gasteiger partial charge in [0.05, 0.1) is 10.6 Å². The lowest BCUT2D eigenvalue weighted by molar-refractivity contribution is -0.137. The fraction of sp³-hybridized carbons (Fsp3) is 0.343. The second kappa shape index (κ2) is 12.9. The van der Waals surface area contributed by atoms with Gasteiger partial charge in [-0.05, 0) is 60.6 Å². The van der Waals surface area contributed by atoms with E-state index in [1.165, 1.54) is 29.0 Å². The SMILES string of the molecule is O=C(NC1CCCCC1c1ccccc1)c1csc(C2CCN(C(=O)c3ccccc3-c3ccc(C(F)(F)F)cc3)CC2)n1. The van der Waals surface area contributed by atoms with Crippen LogP contribution in [-0.4, -0.2) is 40.8 Å². The molecule has 4 aromatic rings. The average molecular weight is 618 g/mol. The molecule has 1 aromatic heterocycles. The molecule has 228 valence electrons. The molecule has 2 atom stereocenters. The van der Waals surface area contributed by atoms with E-state index in [9.17, 15) is 22.8 Å². The van der Waals surface area contributed by atoms with E-state index in [2.05, 4.69) is 17.4 Å². The molecule has 2 aliphatic rings. The van der Waals surface area contributed by atoms with Crippen molar-refractivity contribution in [3.05, 3.63) is 112 Å². The van der Waals surface area contributed by atoms with Crippen LogP contribution in [0.1, 0.15) is 87.3 Å². The van der Waals surface area contributed by atoms with Crippen molar-refractivity contribution >= 4 is 23.2 Å². The number of carbonyl (C=O) groups excluding carboxylic acids is 2. The fourth-order valence-corrected chi connectivity index (χ4v) is 7.46. The number of likely N-dealkylation sites (tertiary alicyclic amines) is 1.